The molecular formula is C16H29NO5Si. The molecule has 0 aromatic carbocycles. The Morgan fingerprint density at radius 2 is 1.78 bits per heavy atom. The minimum Gasteiger partial charge on any atom is -0.467 e. The van der Waals surface area contributed by atoms with Gasteiger partial charge in [0.05, 0.1) is 20.3 Å². The standard InChI is InChI=1S/C16H29NO5Si/c1-15(2,3)23(6,7)22-12-8-9-17(14(19)21-5)16(10-11(12)16)13(18)20-4/h11-12H,8-10H2,1-7H3/t11-,12-,16-/m1/s1. The summed E-state index contributed by atoms with van der Waals surface area (Å²) in [6, 6.07) is 0. The molecule has 1 amide bonds. The number of nitrogens with zero attached hydrogens (tertiary/aromatic N) is 1. The molecule has 2 fully saturated rings. The lowest BCUT2D eigenvalue weighted by Gasteiger charge is -2.43. The second-order valence-electron chi connectivity index (χ2n) is 8.05. The van der Waals surface area contributed by atoms with Gasteiger partial charge in [0.25, 0.3) is 0 Å². The summed E-state index contributed by atoms with van der Waals surface area (Å²) in [5.74, 6) is -0.367. The Kier molecular flexibility index (Phi) is 4.58. The van der Waals surface area contributed by atoms with E-state index in [1.807, 2.05) is 0 Å². The van der Waals surface area contributed by atoms with Crippen LogP contribution in [-0.4, -0.2) is 57.7 Å². The van der Waals surface area contributed by atoms with Crippen LogP contribution in [0.4, 0.5) is 4.79 Å². The van der Waals surface area contributed by atoms with E-state index in [9.17, 15) is 9.59 Å². The molecular weight excluding hydrogens is 314 g/mol. The molecule has 2 aliphatic rings. The molecule has 0 radical (unpaired) electrons. The van der Waals surface area contributed by atoms with E-state index in [1.54, 1.807) is 0 Å². The Bertz CT molecular complexity index is 501. The number of ether oxygens (including phenoxy) is 2. The number of hydrogen-bond donors (Lipinski definition) is 0. The molecule has 132 valence electrons. The predicted octanol–water partition coefficient (Wildman–Crippen LogP) is 2.78. The molecule has 0 N–H and O–H groups in total. The predicted molar refractivity (Wildman–Crippen MR) is 88.7 cm³/mol. The molecule has 3 atom stereocenters. The van der Waals surface area contributed by atoms with Crippen LogP contribution >= 0.6 is 0 Å². The van der Waals surface area contributed by atoms with Crippen molar-refractivity contribution in [2.24, 2.45) is 5.92 Å². The second-order valence-corrected chi connectivity index (χ2v) is 12.8. The van der Waals surface area contributed by atoms with Gasteiger partial charge in [-0.3, -0.25) is 4.90 Å². The highest BCUT2D eigenvalue weighted by molar-refractivity contribution is 6.74. The average molecular weight is 343 g/mol. The Labute approximate surface area is 139 Å². The van der Waals surface area contributed by atoms with E-state index in [0.29, 0.717) is 13.0 Å². The number of carbonyl (C=O) groups excluding carboxylic acids is 2. The zero-order valence-electron chi connectivity index (χ0n) is 15.3. The van der Waals surface area contributed by atoms with E-state index in [2.05, 4.69) is 33.9 Å². The van der Waals surface area contributed by atoms with Crippen LogP contribution in [0.15, 0.2) is 0 Å². The van der Waals surface area contributed by atoms with Crippen molar-refractivity contribution < 1.29 is 23.5 Å². The largest absolute Gasteiger partial charge is 0.467 e. The summed E-state index contributed by atoms with van der Waals surface area (Å²) in [5.41, 5.74) is -0.896. The van der Waals surface area contributed by atoms with Gasteiger partial charge in [-0.05, 0) is 31.0 Å². The van der Waals surface area contributed by atoms with Crippen molar-refractivity contribution in [2.75, 3.05) is 20.8 Å². The van der Waals surface area contributed by atoms with Gasteiger partial charge in [-0.15, -0.1) is 0 Å². The van der Waals surface area contributed by atoms with Gasteiger partial charge < -0.3 is 13.9 Å². The van der Waals surface area contributed by atoms with Crippen LogP contribution in [0.1, 0.15) is 33.6 Å². The van der Waals surface area contributed by atoms with Crippen LogP contribution in [0.2, 0.25) is 18.1 Å². The number of carbonyl (C=O) groups is 2. The Morgan fingerprint density at radius 3 is 2.26 bits per heavy atom. The topological polar surface area (TPSA) is 65.1 Å². The fourth-order valence-corrected chi connectivity index (χ4v) is 4.66. The highest BCUT2D eigenvalue weighted by Gasteiger charge is 2.71. The second kappa shape index (κ2) is 5.77. The summed E-state index contributed by atoms with van der Waals surface area (Å²) in [4.78, 5) is 25.9. The average Bonchev–Trinajstić information content (AvgIpc) is 3.21. The molecule has 2 rings (SSSR count). The first-order valence-corrected chi connectivity index (χ1v) is 11.0. The zero-order valence-corrected chi connectivity index (χ0v) is 16.3. The molecule has 1 aliphatic heterocycles. The van der Waals surface area contributed by atoms with E-state index < -0.39 is 19.9 Å². The van der Waals surface area contributed by atoms with Crippen molar-refractivity contribution in [1.29, 1.82) is 0 Å². The lowest BCUT2D eigenvalue weighted by atomic mass is 10.00. The molecule has 1 saturated carbocycles. The van der Waals surface area contributed by atoms with E-state index in [1.165, 1.54) is 19.1 Å². The first-order valence-electron chi connectivity index (χ1n) is 8.13. The highest BCUT2D eigenvalue weighted by Crippen LogP contribution is 2.57. The van der Waals surface area contributed by atoms with Crippen molar-refractivity contribution in [3.05, 3.63) is 0 Å². The number of methoxy groups -OCH3 is 2. The first-order chi connectivity index (χ1) is 10.5. The zero-order chi connectivity index (χ0) is 17.6. The van der Waals surface area contributed by atoms with Crippen molar-refractivity contribution in [2.45, 2.75) is 63.4 Å². The minimum absolute atomic E-state index is 0.00285. The number of amides is 1. The van der Waals surface area contributed by atoms with Gasteiger partial charge in [0.1, 0.15) is 5.54 Å². The molecule has 0 spiro atoms. The molecule has 0 aromatic rings. The summed E-state index contributed by atoms with van der Waals surface area (Å²) in [7, 11) is 0.768. The fourth-order valence-electron chi connectivity index (χ4n) is 3.26. The maximum Gasteiger partial charge on any atom is 0.410 e. The van der Waals surface area contributed by atoms with Crippen molar-refractivity contribution in [3.63, 3.8) is 0 Å². The smallest absolute Gasteiger partial charge is 0.410 e. The number of piperidine rings is 1. The maximum absolute atomic E-state index is 12.4. The van der Waals surface area contributed by atoms with Crippen LogP contribution in [0.5, 0.6) is 0 Å². The van der Waals surface area contributed by atoms with Crippen LogP contribution in [0, 0.1) is 5.92 Å². The van der Waals surface area contributed by atoms with Crippen LogP contribution in [-0.2, 0) is 18.7 Å². The Balaban J connectivity index is 2.21. The highest BCUT2D eigenvalue weighted by atomic mass is 28.4. The summed E-state index contributed by atoms with van der Waals surface area (Å²) in [5, 5.41) is 0.106. The van der Waals surface area contributed by atoms with Gasteiger partial charge in [-0.25, -0.2) is 9.59 Å². The number of rotatable bonds is 3. The van der Waals surface area contributed by atoms with E-state index >= 15 is 0 Å². The third-order valence-electron chi connectivity index (χ3n) is 5.74. The van der Waals surface area contributed by atoms with E-state index in [-0.39, 0.29) is 23.0 Å². The van der Waals surface area contributed by atoms with E-state index in [0.717, 1.165) is 6.42 Å². The molecule has 6 nitrogen and oxygen atoms in total. The number of esters is 1. The van der Waals surface area contributed by atoms with Crippen molar-refractivity contribution >= 4 is 20.4 Å². The van der Waals surface area contributed by atoms with Gasteiger partial charge in [-0.2, -0.15) is 0 Å². The Morgan fingerprint density at radius 1 is 1.17 bits per heavy atom. The maximum atomic E-state index is 12.4. The lowest BCUT2D eigenvalue weighted by Crippen LogP contribution is -2.56. The monoisotopic (exact) mass is 343 g/mol. The first kappa shape index (κ1) is 18.3. The summed E-state index contributed by atoms with van der Waals surface area (Å²) in [6.07, 6.45) is 0.846. The third-order valence-corrected chi connectivity index (χ3v) is 10.2. The van der Waals surface area contributed by atoms with Crippen LogP contribution in [0.3, 0.4) is 0 Å². The van der Waals surface area contributed by atoms with Crippen molar-refractivity contribution in [1.82, 2.24) is 4.90 Å². The van der Waals surface area contributed by atoms with Gasteiger partial charge in [0.2, 0.25) is 0 Å². The van der Waals surface area contributed by atoms with Crippen LogP contribution in [0.25, 0.3) is 0 Å². The molecule has 7 heteroatoms. The number of fused-ring (bicyclic) bond motifs is 1. The molecule has 0 unspecified atom stereocenters. The summed E-state index contributed by atoms with van der Waals surface area (Å²) in [6.45, 7) is 11.5. The van der Waals surface area contributed by atoms with Gasteiger partial charge >= 0.3 is 12.1 Å². The van der Waals surface area contributed by atoms with Gasteiger partial charge in [0.15, 0.2) is 8.32 Å². The van der Waals surface area contributed by atoms with Gasteiger partial charge in [0, 0.05) is 12.5 Å². The SMILES string of the molecule is COC(=O)N1CC[C@@H](O[Si](C)(C)C(C)(C)C)[C@H]2C[C@]21C(=O)OC. The van der Waals surface area contributed by atoms with Crippen molar-refractivity contribution in [3.8, 4) is 0 Å². The molecule has 0 aromatic heterocycles. The third kappa shape index (κ3) is 2.89. The number of hydrogen-bond acceptors (Lipinski definition) is 5. The lowest BCUT2D eigenvalue weighted by molar-refractivity contribution is -0.151. The number of likely N-dealkylation sites (tertiary alicyclic amines) is 1. The van der Waals surface area contributed by atoms with E-state index in [4.69, 9.17) is 13.9 Å². The molecule has 1 saturated heterocycles. The molecule has 23 heavy (non-hydrogen) atoms. The normalized spacial score (nSPS) is 30.5. The molecule has 1 heterocycles. The summed E-state index contributed by atoms with van der Waals surface area (Å²) < 4.78 is 16.3. The quantitative estimate of drug-likeness (QED) is 0.582. The van der Waals surface area contributed by atoms with Crippen LogP contribution < -0.4 is 0 Å². The minimum atomic E-state index is -1.93. The molecule has 1 aliphatic carbocycles. The summed E-state index contributed by atoms with van der Waals surface area (Å²) >= 11 is 0. The molecule has 0 bridgehead atoms. The fraction of sp³-hybridized carbons (Fsp3) is 0.875. The van der Waals surface area contributed by atoms with Gasteiger partial charge in [-0.1, -0.05) is 20.8 Å². The Hall–Kier alpha value is -1.08.